The summed E-state index contributed by atoms with van der Waals surface area (Å²) in [6.45, 7) is 0. The molecule has 0 aromatic heterocycles. The Morgan fingerprint density at radius 1 is 1.00 bits per heavy atom. The lowest BCUT2D eigenvalue weighted by Crippen LogP contribution is -2.26. The average molecular weight is 460 g/mol. The first kappa shape index (κ1) is 22.1. The number of anilines is 2. The summed E-state index contributed by atoms with van der Waals surface area (Å²) in [4.78, 5) is 35.8. The van der Waals surface area contributed by atoms with E-state index in [4.69, 9.17) is 33.7 Å². The lowest BCUT2D eigenvalue weighted by Gasteiger charge is -2.18. The number of nitro groups is 1. The number of non-ortho nitro benzene ring substituents is 1. The third-order valence-corrected chi connectivity index (χ3v) is 4.88. The Hall–Kier alpha value is -3.62. The number of benzene rings is 3. The van der Waals surface area contributed by atoms with Crippen LogP contribution in [-0.2, 0) is 9.53 Å². The van der Waals surface area contributed by atoms with E-state index in [-0.39, 0.29) is 32.7 Å². The Kier molecular flexibility index (Phi) is 6.74. The van der Waals surface area contributed by atoms with Crippen LogP contribution in [0.4, 0.5) is 17.1 Å². The van der Waals surface area contributed by atoms with E-state index in [0.717, 1.165) is 6.07 Å². The maximum Gasteiger partial charge on any atom is 0.339 e. The number of hydrogen-bond acceptors (Lipinski definition) is 6. The molecule has 0 saturated carbocycles. The quantitative estimate of drug-likeness (QED) is 0.230. The molecule has 3 aromatic rings. The van der Waals surface area contributed by atoms with Crippen LogP contribution in [0.15, 0.2) is 66.7 Å². The molecule has 0 fully saturated rings. The number of carbonyl (C=O) groups is 2. The predicted octanol–water partition coefficient (Wildman–Crippen LogP) is 5.02. The van der Waals surface area contributed by atoms with Crippen LogP contribution in [0, 0.1) is 10.1 Å². The van der Waals surface area contributed by atoms with Crippen LogP contribution in [0.1, 0.15) is 22.0 Å². The van der Waals surface area contributed by atoms with Gasteiger partial charge >= 0.3 is 5.97 Å². The van der Waals surface area contributed by atoms with E-state index in [1.54, 1.807) is 30.3 Å². The van der Waals surface area contributed by atoms with E-state index in [2.05, 4.69) is 5.32 Å². The zero-order valence-electron chi connectivity index (χ0n) is 15.7. The number of nitro benzene ring substituents is 1. The van der Waals surface area contributed by atoms with Gasteiger partial charge in [0.05, 0.1) is 31.9 Å². The summed E-state index contributed by atoms with van der Waals surface area (Å²) in [5.74, 6) is -1.49. The Labute approximate surface area is 186 Å². The van der Waals surface area contributed by atoms with Crippen molar-refractivity contribution in [1.29, 1.82) is 0 Å². The van der Waals surface area contributed by atoms with Crippen LogP contribution < -0.4 is 11.1 Å². The Balaban J connectivity index is 1.87. The molecule has 3 aromatic carbocycles. The molecule has 0 saturated heterocycles. The summed E-state index contributed by atoms with van der Waals surface area (Å²) >= 11 is 11.9. The van der Waals surface area contributed by atoms with Crippen molar-refractivity contribution in [3.8, 4) is 0 Å². The minimum atomic E-state index is -1.32. The Morgan fingerprint density at radius 3 is 2.32 bits per heavy atom. The lowest BCUT2D eigenvalue weighted by molar-refractivity contribution is -0.384. The molecule has 0 aliphatic rings. The molecular formula is C21H15Cl2N3O5. The number of nitrogens with zero attached hydrogens (tertiary/aromatic N) is 1. The molecule has 31 heavy (non-hydrogen) atoms. The summed E-state index contributed by atoms with van der Waals surface area (Å²) in [5.41, 5.74) is 6.35. The maximum atomic E-state index is 12.9. The third-order valence-electron chi connectivity index (χ3n) is 4.22. The van der Waals surface area contributed by atoms with E-state index in [0.29, 0.717) is 5.56 Å². The van der Waals surface area contributed by atoms with Gasteiger partial charge in [-0.1, -0.05) is 53.5 Å². The third kappa shape index (κ3) is 5.30. The van der Waals surface area contributed by atoms with Crippen molar-refractivity contribution >= 4 is 52.1 Å². The first-order valence-corrected chi connectivity index (χ1v) is 9.57. The van der Waals surface area contributed by atoms with Crippen LogP contribution in [0.2, 0.25) is 10.0 Å². The molecule has 0 heterocycles. The van der Waals surface area contributed by atoms with E-state index in [1.807, 2.05) is 0 Å². The first-order valence-electron chi connectivity index (χ1n) is 8.82. The van der Waals surface area contributed by atoms with Crippen LogP contribution in [0.3, 0.4) is 0 Å². The number of nitrogens with two attached hydrogens (primary N) is 1. The fourth-order valence-corrected chi connectivity index (χ4v) is 3.00. The van der Waals surface area contributed by atoms with Crippen molar-refractivity contribution in [2.75, 3.05) is 11.1 Å². The topological polar surface area (TPSA) is 125 Å². The molecule has 0 aliphatic heterocycles. The minimum Gasteiger partial charge on any atom is -0.444 e. The fraction of sp³-hybridized carbons (Fsp3) is 0.0476. The second-order valence-electron chi connectivity index (χ2n) is 6.34. The molecule has 0 aliphatic carbocycles. The van der Waals surface area contributed by atoms with Gasteiger partial charge in [0.1, 0.15) is 0 Å². The number of nitrogen functional groups attached to an aromatic ring is 1. The van der Waals surface area contributed by atoms with Gasteiger partial charge in [-0.25, -0.2) is 4.79 Å². The fourth-order valence-electron chi connectivity index (χ4n) is 2.66. The van der Waals surface area contributed by atoms with Gasteiger partial charge in [-0.2, -0.15) is 0 Å². The van der Waals surface area contributed by atoms with Gasteiger partial charge in [0.15, 0.2) is 0 Å². The van der Waals surface area contributed by atoms with Crippen LogP contribution in [0.5, 0.6) is 0 Å². The summed E-state index contributed by atoms with van der Waals surface area (Å²) < 4.78 is 5.45. The first-order chi connectivity index (χ1) is 14.8. The highest BCUT2D eigenvalue weighted by Crippen LogP contribution is 2.29. The monoisotopic (exact) mass is 459 g/mol. The summed E-state index contributed by atoms with van der Waals surface area (Å²) in [6, 6.07) is 16.2. The molecule has 3 N–H and O–H groups in total. The standard InChI is InChI=1S/C21H15Cl2N3O5/c22-15-8-6-13(10-17(15)24)21(28)31-19(12-4-2-1-3-5-12)20(27)25-18-9-7-14(26(29)30)11-16(18)23/h1-11,19H,24H2,(H,25,27). The highest BCUT2D eigenvalue weighted by molar-refractivity contribution is 6.34. The number of halogens is 2. The zero-order chi connectivity index (χ0) is 22.5. The van der Waals surface area contributed by atoms with E-state index >= 15 is 0 Å². The number of esters is 1. The van der Waals surface area contributed by atoms with Gasteiger partial charge in [0.2, 0.25) is 6.10 Å². The van der Waals surface area contributed by atoms with Crippen molar-refractivity contribution in [2.45, 2.75) is 6.10 Å². The van der Waals surface area contributed by atoms with Crippen molar-refractivity contribution in [2.24, 2.45) is 0 Å². The van der Waals surface area contributed by atoms with Crippen molar-refractivity contribution in [3.63, 3.8) is 0 Å². The highest BCUT2D eigenvalue weighted by atomic mass is 35.5. The molecule has 0 radical (unpaired) electrons. The highest BCUT2D eigenvalue weighted by Gasteiger charge is 2.27. The zero-order valence-corrected chi connectivity index (χ0v) is 17.3. The van der Waals surface area contributed by atoms with Gasteiger partial charge < -0.3 is 15.8 Å². The molecule has 3 rings (SSSR count). The number of amides is 1. The molecule has 10 heteroatoms. The van der Waals surface area contributed by atoms with Gasteiger partial charge in [-0.3, -0.25) is 14.9 Å². The molecule has 0 spiro atoms. The maximum absolute atomic E-state index is 12.9. The van der Waals surface area contributed by atoms with Gasteiger partial charge in [-0.05, 0) is 24.3 Å². The van der Waals surface area contributed by atoms with Gasteiger partial charge in [-0.15, -0.1) is 0 Å². The number of rotatable bonds is 6. The van der Waals surface area contributed by atoms with Crippen LogP contribution in [-0.4, -0.2) is 16.8 Å². The Morgan fingerprint density at radius 2 is 1.71 bits per heavy atom. The predicted molar refractivity (Wildman–Crippen MR) is 117 cm³/mol. The lowest BCUT2D eigenvalue weighted by atomic mass is 10.1. The van der Waals surface area contributed by atoms with E-state index in [1.165, 1.54) is 30.3 Å². The van der Waals surface area contributed by atoms with Gasteiger partial charge in [0.25, 0.3) is 11.6 Å². The van der Waals surface area contributed by atoms with Crippen molar-refractivity contribution in [1.82, 2.24) is 0 Å². The largest absolute Gasteiger partial charge is 0.444 e. The number of ether oxygens (including phenoxy) is 1. The molecule has 1 amide bonds. The van der Waals surface area contributed by atoms with Crippen LogP contribution in [0.25, 0.3) is 0 Å². The van der Waals surface area contributed by atoms with Gasteiger partial charge in [0, 0.05) is 17.7 Å². The Bertz CT molecular complexity index is 1160. The normalized spacial score (nSPS) is 11.4. The second-order valence-corrected chi connectivity index (χ2v) is 7.16. The molecule has 1 unspecified atom stereocenters. The smallest absolute Gasteiger partial charge is 0.339 e. The molecule has 158 valence electrons. The van der Waals surface area contributed by atoms with E-state index < -0.39 is 22.9 Å². The summed E-state index contributed by atoms with van der Waals surface area (Å²) in [6.07, 6.45) is -1.32. The molecular weight excluding hydrogens is 445 g/mol. The molecule has 8 nitrogen and oxygen atoms in total. The van der Waals surface area contributed by atoms with E-state index in [9.17, 15) is 19.7 Å². The molecule has 1 atom stereocenters. The second kappa shape index (κ2) is 9.46. The van der Waals surface area contributed by atoms with Crippen molar-refractivity contribution in [3.05, 3.63) is 98.0 Å². The summed E-state index contributed by atoms with van der Waals surface area (Å²) in [5, 5.41) is 13.6. The molecule has 0 bridgehead atoms. The minimum absolute atomic E-state index is 0.0360. The number of carbonyl (C=O) groups excluding carboxylic acids is 2. The SMILES string of the molecule is Nc1cc(C(=O)OC(C(=O)Nc2ccc([N+](=O)[O-])cc2Cl)c2ccccc2)ccc1Cl. The van der Waals surface area contributed by atoms with Crippen molar-refractivity contribution < 1.29 is 19.2 Å². The van der Waals surface area contributed by atoms with Crippen LogP contribution >= 0.6 is 23.2 Å². The number of nitrogens with one attached hydrogen (secondary N) is 1. The summed E-state index contributed by atoms with van der Waals surface area (Å²) in [7, 11) is 0. The number of hydrogen-bond donors (Lipinski definition) is 2. The average Bonchev–Trinajstić information content (AvgIpc) is 2.75.